The van der Waals surface area contributed by atoms with Gasteiger partial charge in [0.1, 0.15) is 0 Å². The average Bonchev–Trinajstić information content (AvgIpc) is 2.53. The molecule has 0 spiro atoms. The van der Waals surface area contributed by atoms with Crippen molar-refractivity contribution < 1.29 is 4.79 Å². The van der Waals surface area contributed by atoms with Crippen LogP contribution in [0.25, 0.3) is 0 Å². The van der Waals surface area contributed by atoms with Crippen molar-refractivity contribution in [2.45, 2.75) is 32.7 Å². The summed E-state index contributed by atoms with van der Waals surface area (Å²) in [6.45, 7) is 5.03. The number of carbonyl (C=O) groups is 1. The lowest BCUT2D eigenvalue weighted by Crippen LogP contribution is -2.42. The van der Waals surface area contributed by atoms with Gasteiger partial charge < -0.3 is 16.0 Å². The summed E-state index contributed by atoms with van der Waals surface area (Å²) < 4.78 is 0. The average molecular weight is 418 g/mol. The van der Waals surface area contributed by atoms with Crippen LogP contribution in [-0.4, -0.2) is 38.5 Å². The van der Waals surface area contributed by atoms with E-state index < -0.39 is 0 Å². The highest BCUT2D eigenvalue weighted by atomic mass is 127. The molecule has 124 valence electrons. The number of benzene rings is 1. The molecule has 1 amide bonds. The molecule has 0 saturated carbocycles. The zero-order valence-electron chi connectivity index (χ0n) is 13.8. The van der Waals surface area contributed by atoms with Gasteiger partial charge in [-0.15, -0.1) is 24.0 Å². The van der Waals surface area contributed by atoms with Gasteiger partial charge >= 0.3 is 0 Å². The van der Waals surface area contributed by atoms with Crippen LogP contribution < -0.4 is 16.0 Å². The second kappa shape index (κ2) is 11.3. The van der Waals surface area contributed by atoms with Gasteiger partial charge in [0.15, 0.2) is 5.96 Å². The molecule has 0 aliphatic carbocycles. The smallest absolute Gasteiger partial charge is 0.251 e. The van der Waals surface area contributed by atoms with Crippen molar-refractivity contribution in [1.82, 2.24) is 16.0 Å². The molecule has 0 heterocycles. The normalized spacial score (nSPS) is 12.1. The third-order valence-corrected chi connectivity index (χ3v) is 3.34. The Hall–Kier alpha value is -1.31. The number of carbonyl (C=O) groups excluding carboxylic acids is 1. The molecule has 0 aliphatic heterocycles. The maximum atomic E-state index is 11.6. The minimum Gasteiger partial charge on any atom is -0.356 e. The van der Waals surface area contributed by atoms with Crippen LogP contribution in [0.1, 0.15) is 36.2 Å². The predicted octanol–water partition coefficient (Wildman–Crippen LogP) is 2.17. The summed E-state index contributed by atoms with van der Waals surface area (Å²) in [5, 5.41) is 9.24. The summed E-state index contributed by atoms with van der Waals surface area (Å²) in [6, 6.07) is 8.07. The molecule has 1 rings (SSSR count). The van der Waals surface area contributed by atoms with E-state index in [2.05, 4.69) is 34.8 Å². The first kappa shape index (κ1) is 20.7. The molecule has 5 nitrogen and oxygen atoms in total. The fraction of sp³-hybridized carbons (Fsp3) is 0.500. The Balaban J connectivity index is 0.00000441. The summed E-state index contributed by atoms with van der Waals surface area (Å²) in [5.41, 5.74) is 1.82. The molecule has 1 aromatic carbocycles. The predicted molar refractivity (Wildman–Crippen MR) is 103 cm³/mol. The summed E-state index contributed by atoms with van der Waals surface area (Å²) >= 11 is 0. The van der Waals surface area contributed by atoms with Crippen LogP contribution in [0.2, 0.25) is 0 Å². The van der Waals surface area contributed by atoms with Crippen LogP contribution in [0.15, 0.2) is 29.3 Å². The molecule has 1 aromatic rings. The number of aliphatic imine (C=N–C) groups is 1. The second-order valence-electron chi connectivity index (χ2n) is 4.98. The van der Waals surface area contributed by atoms with E-state index in [9.17, 15) is 4.79 Å². The second-order valence-corrected chi connectivity index (χ2v) is 4.98. The van der Waals surface area contributed by atoms with Crippen LogP contribution >= 0.6 is 24.0 Å². The topological polar surface area (TPSA) is 65.5 Å². The van der Waals surface area contributed by atoms with E-state index in [-0.39, 0.29) is 29.9 Å². The zero-order chi connectivity index (χ0) is 15.7. The van der Waals surface area contributed by atoms with Crippen molar-refractivity contribution in [1.29, 1.82) is 0 Å². The number of guanidine groups is 1. The maximum Gasteiger partial charge on any atom is 0.251 e. The SMILES string of the molecule is CCC(C)NC(=NC)NCCc1cccc(C(=O)NC)c1.I. The van der Waals surface area contributed by atoms with Gasteiger partial charge in [0, 0.05) is 32.2 Å². The maximum absolute atomic E-state index is 11.6. The van der Waals surface area contributed by atoms with Crippen molar-refractivity contribution in [3.63, 3.8) is 0 Å². The van der Waals surface area contributed by atoms with Gasteiger partial charge in [0.05, 0.1) is 0 Å². The van der Waals surface area contributed by atoms with Gasteiger partial charge in [-0.3, -0.25) is 9.79 Å². The molecule has 0 saturated heterocycles. The Morgan fingerprint density at radius 2 is 2.09 bits per heavy atom. The Morgan fingerprint density at radius 1 is 1.36 bits per heavy atom. The standard InChI is InChI=1S/C16H26N4O.HI/c1-5-12(2)20-16(18-4)19-10-9-13-7-6-8-14(11-13)15(21)17-3;/h6-8,11-12H,5,9-10H2,1-4H3,(H,17,21)(H2,18,19,20);1H. The number of nitrogens with one attached hydrogen (secondary N) is 3. The van der Waals surface area contributed by atoms with Gasteiger partial charge in [-0.05, 0) is 37.5 Å². The highest BCUT2D eigenvalue weighted by Gasteiger charge is 2.05. The van der Waals surface area contributed by atoms with E-state index >= 15 is 0 Å². The number of hydrogen-bond donors (Lipinski definition) is 3. The van der Waals surface area contributed by atoms with Crippen LogP contribution in [-0.2, 0) is 6.42 Å². The first-order valence-corrected chi connectivity index (χ1v) is 7.38. The summed E-state index contributed by atoms with van der Waals surface area (Å²) in [6.07, 6.45) is 1.89. The Bertz CT molecular complexity index is 491. The van der Waals surface area contributed by atoms with E-state index in [4.69, 9.17) is 0 Å². The van der Waals surface area contributed by atoms with Gasteiger partial charge in [-0.25, -0.2) is 0 Å². The van der Waals surface area contributed by atoms with Crippen molar-refractivity contribution in [3.8, 4) is 0 Å². The van der Waals surface area contributed by atoms with Crippen LogP contribution in [0.4, 0.5) is 0 Å². The van der Waals surface area contributed by atoms with E-state index in [1.165, 1.54) is 0 Å². The number of hydrogen-bond acceptors (Lipinski definition) is 2. The molecule has 1 atom stereocenters. The van der Waals surface area contributed by atoms with E-state index in [1.54, 1.807) is 14.1 Å². The number of amides is 1. The number of rotatable bonds is 6. The zero-order valence-corrected chi connectivity index (χ0v) is 16.1. The minimum atomic E-state index is -0.0564. The van der Waals surface area contributed by atoms with E-state index in [0.29, 0.717) is 11.6 Å². The first-order chi connectivity index (χ1) is 10.1. The quantitative estimate of drug-likeness (QED) is 0.377. The molecule has 0 aromatic heterocycles. The first-order valence-electron chi connectivity index (χ1n) is 7.38. The van der Waals surface area contributed by atoms with E-state index in [0.717, 1.165) is 30.9 Å². The summed E-state index contributed by atoms with van der Waals surface area (Å²) in [7, 11) is 3.41. The van der Waals surface area contributed by atoms with E-state index in [1.807, 2.05) is 24.3 Å². The largest absolute Gasteiger partial charge is 0.356 e. The fourth-order valence-corrected chi connectivity index (χ4v) is 1.87. The van der Waals surface area contributed by atoms with Gasteiger partial charge in [-0.2, -0.15) is 0 Å². The third kappa shape index (κ3) is 7.11. The van der Waals surface area contributed by atoms with Crippen LogP contribution in [0.3, 0.4) is 0 Å². The van der Waals surface area contributed by atoms with Crippen LogP contribution in [0.5, 0.6) is 0 Å². The molecule has 0 aliphatic rings. The van der Waals surface area contributed by atoms with Crippen molar-refractivity contribution >= 4 is 35.8 Å². The number of halogens is 1. The minimum absolute atomic E-state index is 0. The molecule has 22 heavy (non-hydrogen) atoms. The lowest BCUT2D eigenvalue weighted by molar-refractivity contribution is 0.0963. The molecular formula is C16H27IN4O. The fourth-order valence-electron chi connectivity index (χ4n) is 1.87. The van der Waals surface area contributed by atoms with Gasteiger partial charge in [-0.1, -0.05) is 19.1 Å². The highest BCUT2D eigenvalue weighted by Crippen LogP contribution is 2.05. The van der Waals surface area contributed by atoms with Crippen molar-refractivity contribution in [3.05, 3.63) is 35.4 Å². The number of nitrogens with zero attached hydrogens (tertiary/aromatic N) is 1. The molecule has 1 unspecified atom stereocenters. The Kier molecular flexibility index (Phi) is 10.6. The monoisotopic (exact) mass is 418 g/mol. The lowest BCUT2D eigenvalue weighted by Gasteiger charge is -2.16. The molecule has 6 heteroatoms. The molecule has 0 fully saturated rings. The molecular weight excluding hydrogens is 391 g/mol. The van der Waals surface area contributed by atoms with Gasteiger partial charge in [0.2, 0.25) is 0 Å². The Labute approximate surface area is 150 Å². The Morgan fingerprint density at radius 3 is 2.68 bits per heavy atom. The third-order valence-electron chi connectivity index (χ3n) is 3.34. The van der Waals surface area contributed by atoms with Crippen molar-refractivity contribution in [2.75, 3.05) is 20.6 Å². The lowest BCUT2D eigenvalue weighted by atomic mass is 10.1. The van der Waals surface area contributed by atoms with Crippen LogP contribution in [0, 0.1) is 0 Å². The summed E-state index contributed by atoms with van der Waals surface area (Å²) in [5.74, 6) is 0.755. The van der Waals surface area contributed by atoms with Gasteiger partial charge in [0.25, 0.3) is 5.91 Å². The van der Waals surface area contributed by atoms with Crippen molar-refractivity contribution in [2.24, 2.45) is 4.99 Å². The highest BCUT2D eigenvalue weighted by molar-refractivity contribution is 14.0. The molecule has 3 N–H and O–H groups in total. The molecule has 0 radical (unpaired) electrons. The summed E-state index contributed by atoms with van der Waals surface area (Å²) in [4.78, 5) is 15.8. The molecule has 0 bridgehead atoms.